The van der Waals surface area contributed by atoms with E-state index in [1.807, 2.05) is 20.8 Å². The molecule has 1 fully saturated rings. The van der Waals surface area contributed by atoms with E-state index < -0.39 is 33.3 Å². The number of anilines is 3. The Labute approximate surface area is 222 Å². The highest BCUT2D eigenvalue weighted by Crippen LogP contribution is 2.38. The second kappa shape index (κ2) is 10.8. The number of urea groups is 1. The molecule has 0 aromatic heterocycles. The van der Waals surface area contributed by atoms with Gasteiger partial charge in [0.1, 0.15) is 5.75 Å². The number of imide groups is 1. The number of hydrogen-bond donors (Lipinski definition) is 2. The summed E-state index contributed by atoms with van der Waals surface area (Å²) in [5, 5.41) is 5.05. The number of hydrogen-bond acceptors (Lipinski definition) is 7. The first kappa shape index (κ1) is 28.6. The highest BCUT2D eigenvalue weighted by Gasteiger charge is 2.30. The molecular weight excluding hydrogens is 512 g/mol. The average Bonchev–Trinajstić information content (AvgIpc) is 2.82. The van der Waals surface area contributed by atoms with Crippen molar-refractivity contribution in [2.75, 3.05) is 34.4 Å². The molecule has 0 spiro atoms. The lowest BCUT2D eigenvalue weighted by atomic mass is 9.84. The van der Waals surface area contributed by atoms with Gasteiger partial charge in [-0.25, -0.2) is 17.5 Å². The van der Waals surface area contributed by atoms with Crippen LogP contribution in [-0.2, 0) is 25.0 Å². The van der Waals surface area contributed by atoms with Crippen molar-refractivity contribution in [3.05, 3.63) is 47.5 Å². The van der Waals surface area contributed by atoms with Crippen molar-refractivity contribution in [2.45, 2.75) is 46.0 Å². The zero-order valence-corrected chi connectivity index (χ0v) is 23.1. The molecule has 5 amide bonds. The van der Waals surface area contributed by atoms with Gasteiger partial charge in [0.05, 0.1) is 24.6 Å². The molecule has 38 heavy (non-hydrogen) atoms. The molecule has 1 saturated heterocycles. The molecule has 0 bridgehead atoms. The molecule has 0 atom stereocenters. The lowest BCUT2D eigenvalue weighted by Gasteiger charge is -2.30. The number of nitrogens with one attached hydrogen (secondary N) is 2. The topological polar surface area (TPSA) is 142 Å². The molecule has 0 aliphatic carbocycles. The summed E-state index contributed by atoms with van der Waals surface area (Å²) in [7, 11) is -2.39. The summed E-state index contributed by atoms with van der Waals surface area (Å²) in [6.07, 6.45) is 1.07. The third-order valence-corrected chi connectivity index (χ3v) is 6.99. The summed E-state index contributed by atoms with van der Waals surface area (Å²) in [4.78, 5) is 51.2. The summed E-state index contributed by atoms with van der Waals surface area (Å²) in [6.45, 7) is 7.56. The summed E-state index contributed by atoms with van der Waals surface area (Å²) >= 11 is 0. The Kier molecular flexibility index (Phi) is 8.15. The monoisotopic (exact) mass is 544 g/mol. The van der Waals surface area contributed by atoms with E-state index in [1.165, 1.54) is 42.3 Å². The molecular formula is C26H32N4O7S. The van der Waals surface area contributed by atoms with Crippen molar-refractivity contribution in [3.63, 3.8) is 0 Å². The van der Waals surface area contributed by atoms with Crippen molar-refractivity contribution in [1.29, 1.82) is 0 Å². The van der Waals surface area contributed by atoms with E-state index in [0.29, 0.717) is 22.7 Å². The van der Waals surface area contributed by atoms with Gasteiger partial charge in [0.25, 0.3) is 5.91 Å². The largest absolute Gasteiger partial charge is 0.496 e. The lowest BCUT2D eigenvalue weighted by molar-refractivity contribution is -0.120. The molecule has 1 aliphatic rings. The Morgan fingerprint density at radius 1 is 1.13 bits per heavy atom. The van der Waals surface area contributed by atoms with Gasteiger partial charge in [-0.3, -0.25) is 24.6 Å². The van der Waals surface area contributed by atoms with E-state index in [1.54, 1.807) is 13.0 Å². The minimum absolute atomic E-state index is 0.000996. The third kappa shape index (κ3) is 6.13. The molecule has 12 heteroatoms. The number of carbonyl (C=O) groups excluding carboxylic acids is 4. The minimum atomic E-state index is -3.84. The third-order valence-electron chi connectivity index (χ3n) is 5.92. The molecule has 204 valence electrons. The first-order valence-corrected chi connectivity index (χ1v) is 13.8. The highest BCUT2D eigenvalue weighted by molar-refractivity contribution is 7.92. The molecule has 2 aromatic rings. The fraction of sp³-hybridized carbons (Fsp3) is 0.385. The second-order valence-electron chi connectivity index (χ2n) is 9.85. The number of benzene rings is 2. The maximum Gasteiger partial charge on any atom is 0.328 e. The average molecular weight is 545 g/mol. The van der Waals surface area contributed by atoms with Gasteiger partial charge in [0.2, 0.25) is 21.8 Å². The number of nitrogens with zero attached hydrogens (tertiary/aromatic N) is 2. The summed E-state index contributed by atoms with van der Waals surface area (Å²) in [5.41, 5.74) is 1.33. The van der Waals surface area contributed by atoms with E-state index in [-0.39, 0.29) is 36.5 Å². The zero-order chi connectivity index (χ0) is 28.4. The number of rotatable bonds is 7. The predicted molar refractivity (Wildman–Crippen MR) is 144 cm³/mol. The molecule has 11 nitrogen and oxygen atoms in total. The Balaban J connectivity index is 2.00. The quantitative estimate of drug-likeness (QED) is 0.544. The van der Waals surface area contributed by atoms with E-state index >= 15 is 0 Å². The number of amides is 5. The van der Waals surface area contributed by atoms with Gasteiger partial charge in [0, 0.05) is 36.3 Å². The number of methoxy groups -OCH3 is 1. The Morgan fingerprint density at radius 3 is 2.26 bits per heavy atom. The summed E-state index contributed by atoms with van der Waals surface area (Å²) in [6, 6.07) is 8.53. The Hall–Kier alpha value is -3.93. The van der Waals surface area contributed by atoms with Crippen LogP contribution in [0.4, 0.5) is 21.9 Å². The molecule has 1 heterocycles. The van der Waals surface area contributed by atoms with Gasteiger partial charge in [-0.1, -0.05) is 27.7 Å². The predicted octanol–water partition coefficient (Wildman–Crippen LogP) is 3.39. The van der Waals surface area contributed by atoms with Crippen LogP contribution in [-0.4, -0.2) is 52.1 Å². The van der Waals surface area contributed by atoms with Crippen LogP contribution >= 0.6 is 0 Å². The van der Waals surface area contributed by atoms with Crippen LogP contribution in [0.3, 0.4) is 0 Å². The first-order valence-electron chi connectivity index (χ1n) is 12.0. The van der Waals surface area contributed by atoms with Crippen LogP contribution in [0, 0.1) is 0 Å². The maximum absolute atomic E-state index is 13.4. The first-order chi connectivity index (χ1) is 17.7. The van der Waals surface area contributed by atoms with Crippen LogP contribution in [0.15, 0.2) is 36.4 Å². The van der Waals surface area contributed by atoms with Gasteiger partial charge in [0.15, 0.2) is 0 Å². The van der Waals surface area contributed by atoms with E-state index in [9.17, 15) is 27.6 Å². The van der Waals surface area contributed by atoms with Crippen LogP contribution in [0.2, 0.25) is 0 Å². The number of carbonyl (C=O) groups is 4. The van der Waals surface area contributed by atoms with Gasteiger partial charge in [-0.2, -0.15) is 0 Å². The van der Waals surface area contributed by atoms with Gasteiger partial charge in [-0.05, 0) is 41.8 Å². The molecule has 0 unspecified atom stereocenters. The van der Waals surface area contributed by atoms with Crippen molar-refractivity contribution >= 4 is 50.8 Å². The molecule has 0 radical (unpaired) electrons. The summed E-state index contributed by atoms with van der Waals surface area (Å²) in [5.74, 6) is -1.14. The minimum Gasteiger partial charge on any atom is -0.496 e. The van der Waals surface area contributed by atoms with E-state index in [0.717, 1.165) is 10.6 Å². The Bertz CT molecular complexity index is 1380. The standard InChI is InChI=1S/C26H32N4O7S/c1-7-22(32)30(38(6,35)36)17-10-8-16(9-11-17)27-24(33)19-14-18(29-13-12-21(31)28-25(29)34)15-20(23(19)37-5)26(2,3)4/h8-11,14-15H,7,12-13H2,1-6H3,(H,27,33)(H,28,31,34). The maximum atomic E-state index is 13.4. The fourth-order valence-electron chi connectivity index (χ4n) is 4.07. The SMILES string of the molecule is CCC(=O)N(c1ccc(NC(=O)c2cc(N3CCC(=O)NC3=O)cc(C(C)(C)C)c2OC)cc1)S(C)(=O)=O. The molecule has 2 N–H and O–H groups in total. The van der Waals surface area contributed by atoms with Crippen LogP contribution in [0.5, 0.6) is 5.75 Å². The van der Waals surface area contributed by atoms with Crippen molar-refractivity contribution in [2.24, 2.45) is 0 Å². The molecule has 0 saturated carbocycles. The summed E-state index contributed by atoms with van der Waals surface area (Å²) < 4.78 is 30.6. The Morgan fingerprint density at radius 2 is 1.76 bits per heavy atom. The van der Waals surface area contributed by atoms with E-state index in [2.05, 4.69) is 10.6 Å². The zero-order valence-electron chi connectivity index (χ0n) is 22.2. The molecule has 1 aliphatic heterocycles. The van der Waals surface area contributed by atoms with Crippen molar-refractivity contribution in [1.82, 2.24) is 5.32 Å². The second-order valence-corrected chi connectivity index (χ2v) is 11.7. The number of ether oxygens (including phenoxy) is 1. The van der Waals surface area contributed by atoms with Crippen LogP contribution in [0.1, 0.15) is 56.5 Å². The van der Waals surface area contributed by atoms with Gasteiger partial charge >= 0.3 is 6.03 Å². The van der Waals surface area contributed by atoms with Crippen LogP contribution in [0.25, 0.3) is 0 Å². The van der Waals surface area contributed by atoms with Gasteiger partial charge < -0.3 is 10.1 Å². The van der Waals surface area contributed by atoms with Crippen LogP contribution < -0.4 is 24.6 Å². The highest BCUT2D eigenvalue weighted by atomic mass is 32.2. The van der Waals surface area contributed by atoms with Gasteiger partial charge in [-0.15, -0.1) is 0 Å². The lowest BCUT2D eigenvalue weighted by Crippen LogP contribution is -2.49. The van der Waals surface area contributed by atoms with Crippen molar-refractivity contribution < 1.29 is 32.3 Å². The van der Waals surface area contributed by atoms with Crippen molar-refractivity contribution in [3.8, 4) is 5.75 Å². The molecule has 2 aromatic carbocycles. The smallest absolute Gasteiger partial charge is 0.328 e. The number of sulfonamides is 1. The normalized spacial score (nSPS) is 14.1. The fourth-order valence-corrected chi connectivity index (χ4v) is 5.07. The van der Waals surface area contributed by atoms with E-state index in [4.69, 9.17) is 4.74 Å². The molecule has 3 rings (SSSR count).